The van der Waals surface area contributed by atoms with Crippen molar-refractivity contribution in [2.45, 2.75) is 155 Å². The molecular weight excluding hydrogens is 1220 g/mol. The smallest absolute Gasteiger partial charge is 0.246 e. The molecule has 26 heteroatoms. The van der Waals surface area contributed by atoms with Gasteiger partial charge >= 0.3 is 0 Å². The summed E-state index contributed by atoms with van der Waals surface area (Å²) in [5.74, 6) is -12.8. The highest BCUT2D eigenvalue weighted by Crippen LogP contribution is 2.23. The van der Waals surface area contributed by atoms with Gasteiger partial charge in [-0.15, -0.1) is 0 Å². The van der Waals surface area contributed by atoms with Crippen LogP contribution >= 0.6 is 11.6 Å². The second-order valence-corrected chi connectivity index (χ2v) is 25.5. The van der Waals surface area contributed by atoms with E-state index in [0.717, 1.165) is 19.6 Å². The number of carbonyl (C=O) groups is 11. The molecule has 1 aliphatic rings. The molecule has 3 aromatic rings. The number of nitrogens with zero attached hydrogens (tertiary/aromatic N) is 7. The van der Waals surface area contributed by atoms with Crippen LogP contribution in [0, 0.1) is 35.2 Å². The van der Waals surface area contributed by atoms with Crippen molar-refractivity contribution >= 4 is 76.6 Å². The van der Waals surface area contributed by atoms with Crippen molar-refractivity contribution in [3.63, 3.8) is 0 Å². The minimum absolute atomic E-state index is 0.0374. The van der Waals surface area contributed by atoms with Gasteiger partial charge in [-0.3, -0.25) is 52.7 Å². The van der Waals surface area contributed by atoms with Crippen molar-refractivity contribution in [1.82, 2.24) is 55.6 Å². The molecule has 506 valence electrons. The molecule has 0 bridgehead atoms. The van der Waals surface area contributed by atoms with Crippen molar-refractivity contribution in [2.75, 3.05) is 69.0 Å². The van der Waals surface area contributed by atoms with Crippen LogP contribution < -0.4 is 21.3 Å². The summed E-state index contributed by atoms with van der Waals surface area (Å²) in [4.78, 5) is 166. The Kier molecular flexibility index (Phi) is 29.1. The first-order valence-corrected chi connectivity index (χ1v) is 31.3. The number of benzene rings is 3. The Balaban J connectivity index is 1.87. The number of hydrogen-bond acceptors (Lipinski definition) is 11. The predicted molar refractivity (Wildman–Crippen MR) is 341 cm³/mol. The topological polar surface area (TPSA) is 259 Å². The lowest BCUT2D eigenvalue weighted by atomic mass is 9.97. The van der Waals surface area contributed by atoms with Gasteiger partial charge in [-0.05, 0) is 80.5 Å². The lowest BCUT2D eigenvalue weighted by Gasteiger charge is -2.37. The number of nitrogens with one attached hydrogen (secondary N) is 4. The summed E-state index contributed by atoms with van der Waals surface area (Å²) in [5, 5.41) is 11.2. The van der Waals surface area contributed by atoms with E-state index in [4.69, 9.17) is 11.6 Å². The monoisotopic (exact) mass is 1310 g/mol. The number of likely N-dealkylation sites (N-methyl/N-ethyl adjacent to an activating group) is 7. The van der Waals surface area contributed by atoms with E-state index in [1.165, 1.54) is 71.0 Å². The SMILES string of the molecule is CC[C@H](C)[C@@H]1NC(=O)[C@H](C)N(C)C(=O)C[C@@H](C)NC(=O)[C@H](CC(C)C)N(C)C(=O)[C@@H](Cc2ccccc2)N(C)C(=O)[C@H](CC(C)C)NC(=O)[C@H](CCc2c(F)cc(F)cc2F)NC(=O)CN(C)C(=O)[C@H](Cc2ccc(Cl)cc2)N(C)C(=O)CN(C)C(=O)CN(C)C1=O. The molecule has 3 aromatic carbocycles. The fourth-order valence-corrected chi connectivity index (χ4v) is 10.7. The van der Waals surface area contributed by atoms with Crippen LogP contribution in [-0.4, -0.2) is 217 Å². The molecule has 0 saturated carbocycles. The second kappa shape index (κ2) is 35.1. The summed E-state index contributed by atoms with van der Waals surface area (Å²) in [6.45, 7) is 11.9. The van der Waals surface area contributed by atoms with Crippen LogP contribution in [0.25, 0.3) is 0 Å². The maximum absolute atomic E-state index is 15.2. The molecule has 9 atom stereocenters. The molecule has 92 heavy (non-hydrogen) atoms. The fourth-order valence-electron chi connectivity index (χ4n) is 10.6. The molecule has 1 fully saturated rings. The average molecular weight is 1310 g/mol. The van der Waals surface area contributed by atoms with E-state index in [0.29, 0.717) is 34.7 Å². The van der Waals surface area contributed by atoms with Crippen LogP contribution in [0.5, 0.6) is 0 Å². The van der Waals surface area contributed by atoms with Gasteiger partial charge in [-0.1, -0.05) is 102 Å². The molecule has 0 spiro atoms. The number of hydrogen-bond donors (Lipinski definition) is 4. The maximum Gasteiger partial charge on any atom is 0.246 e. The van der Waals surface area contributed by atoms with Crippen molar-refractivity contribution in [2.24, 2.45) is 17.8 Å². The molecule has 0 radical (unpaired) electrons. The highest BCUT2D eigenvalue weighted by Gasteiger charge is 2.40. The summed E-state index contributed by atoms with van der Waals surface area (Å²) in [7, 11) is 9.44. The number of halogens is 4. The van der Waals surface area contributed by atoms with Crippen LogP contribution in [0.4, 0.5) is 13.2 Å². The summed E-state index contributed by atoms with van der Waals surface area (Å²) in [5.41, 5.74) is 0.547. The van der Waals surface area contributed by atoms with Gasteiger partial charge in [0.25, 0.3) is 0 Å². The van der Waals surface area contributed by atoms with Crippen LogP contribution in [0.2, 0.25) is 5.02 Å². The highest BCUT2D eigenvalue weighted by atomic mass is 35.5. The van der Waals surface area contributed by atoms with E-state index in [-0.39, 0.29) is 43.9 Å². The van der Waals surface area contributed by atoms with Crippen molar-refractivity contribution in [3.05, 3.63) is 106 Å². The zero-order valence-electron chi connectivity index (χ0n) is 55.6. The van der Waals surface area contributed by atoms with Crippen molar-refractivity contribution in [3.8, 4) is 0 Å². The largest absolute Gasteiger partial charge is 0.351 e. The minimum atomic E-state index is -1.69. The summed E-state index contributed by atoms with van der Waals surface area (Å²) >= 11 is 6.19. The molecule has 0 unspecified atom stereocenters. The molecule has 1 saturated heterocycles. The van der Waals surface area contributed by atoms with Crippen LogP contribution in [-0.2, 0) is 72.0 Å². The fraction of sp³-hybridized carbons (Fsp3) is 0.561. The van der Waals surface area contributed by atoms with Crippen molar-refractivity contribution < 1.29 is 65.9 Å². The van der Waals surface area contributed by atoms with E-state index in [1.807, 2.05) is 13.8 Å². The zero-order valence-corrected chi connectivity index (χ0v) is 56.4. The molecule has 4 rings (SSSR count). The van der Waals surface area contributed by atoms with Gasteiger partial charge in [-0.2, -0.15) is 0 Å². The molecule has 1 heterocycles. The summed E-state index contributed by atoms with van der Waals surface area (Å²) in [6.07, 6.45) is -1.11. The predicted octanol–water partition coefficient (Wildman–Crippen LogP) is 4.38. The Morgan fingerprint density at radius 2 is 1.05 bits per heavy atom. The van der Waals surface area contributed by atoms with E-state index in [9.17, 15) is 47.5 Å². The maximum atomic E-state index is 15.2. The lowest BCUT2D eigenvalue weighted by molar-refractivity contribution is -0.149. The molecule has 1 aliphatic heterocycles. The Morgan fingerprint density at radius 3 is 1.62 bits per heavy atom. The number of rotatable bonds is 13. The summed E-state index contributed by atoms with van der Waals surface area (Å²) < 4.78 is 44.6. The number of amides is 11. The van der Waals surface area contributed by atoms with Gasteiger partial charge in [-0.25, -0.2) is 13.2 Å². The molecular formula is C66H93ClF3N11O11. The standard InChI is InChI=1S/C66H93ClF3N11O11/c1-16-40(6)59-66(92)77(11)36-57(84)75(9)37-58(85)79(13)53(32-44-22-24-45(67)25-23-44)64(90)76(10)35-55(82)72-50(27-26-47-48(69)33-46(68)34-49(47)70)61(87)73-51(28-38(2)3)63(89)81(15)54(31-43-20-18-17-19-21-43)65(91)80(14)52(29-39(4)5)62(88)71-41(7)30-56(83)78(12)42(8)60(86)74-59/h17-25,33-34,38-42,50-54,59H,16,26-32,35-37H2,1-15H3,(H,71,88)(H,72,82)(H,73,87)(H,74,86)/t40-,41+,42-,50-,51-,52-,53-,54+,59-/m0/s1. The van der Waals surface area contributed by atoms with E-state index >= 15 is 18.4 Å². The van der Waals surface area contributed by atoms with Crippen LogP contribution in [0.3, 0.4) is 0 Å². The molecule has 11 amide bonds. The molecule has 22 nitrogen and oxygen atoms in total. The van der Waals surface area contributed by atoms with Gasteiger partial charge in [0.05, 0.1) is 19.6 Å². The van der Waals surface area contributed by atoms with E-state index in [2.05, 4.69) is 21.3 Å². The third-order valence-corrected chi connectivity index (χ3v) is 17.0. The lowest BCUT2D eigenvalue weighted by Crippen LogP contribution is -2.60. The third kappa shape index (κ3) is 21.8. The van der Waals surface area contributed by atoms with Crippen molar-refractivity contribution in [1.29, 1.82) is 0 Å². The Morgan fingerprint density at radius 1 is 0.522 bits per heavy atom. The van der Waals surface area contributed by atoms with Gasteiger partial charge in [0.1, 0.15) is 59.7 Å². The highest BCUT2D eigenvalue weighted by molar-refractivity contribution is 6.30. The van der Waals surface area contributed by atoms with Gasteiger partial charge in [0.2, 0.25) is 65.0 Å². The van der Waals surface area contributed by atoms with Crippen LogP contribution in [0.15, 0.2) is 66.7 Å². The second-order valence-electron chi connectivity index (χ2n) is 25.1. The Bertz CT molecular complexity index is 3080. The molecule has 0 aliphatic carbocycles. The molecule has 0 aromatic heterocycles. The normalized spacial score (nSPS) is 23.4. The first kappa shape index (κ1) is 76.4. The van der Waals surface area contributed by atoms with Gasteiger partial charge in [0, 0.05) is 97.4 Å². The average Bonchev–Trinajstić information content (AvgIpc) is 0.885. The first-order chi connectivity index (χ1) is 43.1. The summed E-state index contributed by atoms with van der Waals surface area (Å²) in [6, 6.07) is 5.94. The molecule has 4 N–H and O–H groups in total. The van der Waals surface area contributed by atoms with Gasteiger partial charge in [0.15, 0.2) is 0 Å². The van der Waals surface area contributed by atoms with E-state index < -0.39 is 175 Å². The minimum Gasteiger partial charge on any atom is -0.351 e. The van der Waals surface area contributed by atoms with Gasteiger partial charge < -0.3 is 55.6 Å². The zero-order chi connectivity index (χ0) is 69.2. The first-order valence-electron chi connectivity index (χ1n) is 31.0. The quantitative estimate of drug-likeness (QED) is 0.187. The van der Waals surface area contributed by atoms with E-state index in [1.54, 1.807) is 89.2 Å². The Hall–Kier alpha value is -8.09. The number of carbonyl (C=O) groups excluding carboxylic acids is 11. The Labute approximate surface area is 543 Å². The third-order valence-electron chi connectivity index (χ3n) is 16.7. The van der Waals surface area contributed by atoms with Crippen LogP contribution in [0.1, 0.15) is 104 Å².